The second kappa shape index (κ2) is 12.8. The third-order valence-electron chi connectivity index (χ3n) is 11.6. The zero-order chi connectivity index (χ0) is 35.7. The number of benzene rings is 4. The van der Waals surface area contributed by atoms with Gasteiger partial charge in [0.15, 0.2) is 46.0 Å². The van der Waals surface area contributed by atoms with E-state index in [4.69, 9.17) is 37.9 Å². The number of methoxy groups -OCH3 is 7. The lowest BCUT2D eigenvalue weighted by molar-refractivity contribution is 0.132. The normalized spacial score (nSPS) is 19.9. The van der Waals surface area contributed by atoms with Crippen LogP contribution in [0.5, 0.6) is 51.7 Å². The van der Waals surface area contributed by atoms with Crippen LogP contribution in [-0.4, -0.2) is 80.2 Å². The van der Waals surface area contributed by atoms with Crippen LogP contribution >= 0.6 is 0 Å². The fraction of sp³-hybridized carbons (Fsp3) is 0.415. The Morgan fingerprint density at radius 3 is 1.84 bits per heavy atom. The molecule has 51 heavy (non-hydrogen) atoms. The molecule has 3 atom stereocenters. The van der Waals surface area contributed by atoms with Crippen LogP contribution < -0.4 is 37.9 Å². The Balaban J connectivity index is 1.37. The van der Waals surface area contributed by atoms with Gasteiger partial charge in [0.05, 0.1) is 49.8 Å². The van der Waals surface area contributed by atoms with Crippen molar-refractivity contribution in [1.29, 1.82) is 0 Å². The Morgan fingerprint density at radius 2 is 1.16 bits per heavy atom. The molecule has 0 aromatic heterocycles. The zero-order valence-corrected chi connectivity index (χ0v) is 30.9. The highest BCUT2D eigenvalue weighted by atomic mass is 16.5. The third-order valence-corrected chi connectivity index (χ3v) is 11.6. The number of hydrogen-bond acceptors (Lipinski definition) is 10. The number of nitrogens with zero attached hydrogens (tertiary/aromatic N) is 2. The lowest BCUT2D eigenvalue weighted by atomic mass is 9.75. The summed E-state index contributed by atoms with van der Waals surface area (Å²) < 4.78 is 49.1. The smallest absolute Gasteiger partial charge is 0.177 e. The number of likely N-dealkylation sites (N-methyl/N-ethyl adjacent to an activating group) is 2. The average Bonchev–Trinajstić information content (AvgIpc) is 3.15. The molecule has 3 heterocycles. The summed E-state index contributed by atoms with van der Waals surface area (Å²) in [6.45, 7) is 0.959. The van der Waals surface area contributed by atoms with Gasteiger partial charge in [-0.1, -0.05) is 6.07 Å². The van der Waals surface area contributed by atoms with Gasteiger partial charge in [-0.2, -0.15) is 0 Å². The fourth-order valence-corrected chi connectivity index (χ4v) is 9.11. The van der Waals surface area contributed by atoms with Crippen LogP contribution in [0.25, 0.3) is 11.1 Å². The molecular formula is C41H46N2O8. The second-order valence-corrected chi connectivity index (χ2v) is 13.8. The van der Waals surface area contributed by atoms with Crippen molar-refractivity contribution in [3.8, 4) is 62.9 Å². The van der Waals surface area contributed by atoms with Gasteiger partial charge in [0.25, 0.3) is 0 Å². The van der Waals surface area contributed by atoms with Crippen molar-refractivity contribution >= 4 is 0 Å². The number of ether oxygens (including phenoxy) is 8. The van der Waals surface area contributed by atoms with E-state index in [1.807, 2.05) is 12.1 Å². The quantitative estimate of drug-likeness (QED) is 0.181. The number of rotatable bonds is 9. The maximum Gasteiger partial charge on any atom is 0.177 e. The Labute approximate surface area is 299 Å². The largest absolute Gasteiger partial charge is 0.493 e. The standard InChI is InChI=1S/C41H46N2O8/c1-42-13-12-22-16-33(47-6)41(38-35(22)27(42)14-21-10-11-29(44-3)39(49-8)36(21)38)51-30-20-34(48-7)40(50-9)37-25(30)18-26-24-19-32(46-5)31(45-4)17-23(24)15-28(37)43(26)2/h10-11,16-17,19-20,26-28H,12-15,18H2,1-9H3/t26-,27-,28-/m0/s1. The monoisotopic (exact) mass is 694 g/mol. The molecule has 0 spiro atoms. The Morgan fingerprint density at radius 1 is 0.510 bits per heavy atom. The van der Waals surface area contributed by atoms with E-state index in [0.717, 1.165) is 65.3 Å². The fourth-order valence-electron chi connectivity index (χ4n) is 9.11. The van der Waals surface area contributed by atoms with Crippen LogP contribution in [-0.2, 0) is 25.7 Å². The number of hydrogen-bond donors (Lipinski definition) is 0. The summed E-state index contributed by atoms with van der Waals surface area (Å²) in [4.78, 5) is 4.87. The predicted molar refractivity (Wildman–Crippen MR) is 194 cm³/mol. The first-order valence-electron chi connectivity index (χ1n) is 17.4. The minimum atomic E-state index is 0.00337. The summed E-state index contributed by atoms with van der Waals surface area (Å²) in [5.74, 6) is 6.16. The van der Waals surface area contributed by atoms with E-state index < -0.39 is 0 Å². The molecule has 0 unspecified atom stereocenters. The summed E-state index contributed by atoms with van der Waals surface area (Å²) in [6.07, 6.45) is 3.20. The van der Waals surface area contributed by atoms with Gasteiger partial charge in [-0.05, 0) is 91.9 Å². The predicted octanol–water partition coefficient (Wildman–Crippen LogP) is 7.12. The SMILES string of the molecule is COc1cc2c(cc1OC)[C@@H]1Cc3c(Oc4c(OC)cc5c6c4-c4c(ccc(OC)c4OC)C[C@@H]6N(C)CC5)cc(OC)c(OC)c3[C@H](C2)N1C. The first kappa shape index (κ1) is 33.3. The molecule has 8 rings (SSSR count). The molecule has 3 aliphatic heterocycles. The van der Waals surface area contributed by atoms with E-state index in [1.165, 1.54) is 27.8 Å². The van der Waals surface area contributed by atoms with Crippen LogP contribution in [0.3, 0.4) is 0 Å². The molecule has 4 aromatic rings. The van der Waals surface area contributed by atoms with Crippen LogP contribution in [0, 0.1) is 0 Å². The molecule has 1 aliphatic carbocycles. The summed E-state index contributed by atoms with van der Waals surface area (Å²) in [5, 5.41) is 0. The van der Waals surface area contributed by atoms with E-state index in [0.29, 0.717) is 40.9 Å². The van der Waals surface area contributed by atoms with Gasteiger partial charge in [-0.3, -0.25) is 9.80 Å². The first-order valence-corrected chi connectivity index (χ1v) is 17.4. The minimum absolute atomic E-state index is 0.00337. The lowest BCUT2D eigenvalue weighted by Gasteiger charge is -2.47. The molecule has 268 valence electrons. The summed E-state index contributed by atoms with van der Waals surface area (Å²) in [6, 6.07) is 12.8. The molecule has 0 fully saturated rings. The van der Waals surface area contributed by atoms with E-state index in [2.05, 4.69) is 48.2 Å². The number of fused-ring (bicyclic) bond motifs is 8. The van der Waals surface area contributed by atoms with Gasteiger partial charge in [-0.25, -0.2) is 0 Å². The van der Waals surface area contributed by atoms with Crippen molar-refractivity contribution < 1.29 is 37.9 Å². The van der Waals surface area contributed by atoms with Crippen LogP contribution in [0.4, 0.5) is 0 Å². The highest BCUT2D eigenvalue weighted by Crippen LogP contribution is 2.60. The molecular weight excluding hydrogens is 648 g/mol. The maximum absolute atomic E-state index is 7.31. The second-order valence-electron chi connectivity index (χ2n) is 13.8. The van der Waals surface area contributed by atoms with Crippen molar-refractivity contribution in [1.82, 2.24) is 9.80 Å². The Bertz CT molecular complexity index is 2040. The first-order chi connectivity index (χ1) is 24.8. The molecule has 10 heteroatoms. The molecule has 0 N–H and O–H groups in total. The van der Waals surface area contributed by atoms with Crippen molar-refractivity contribution in [3.05, 3.63) is 75.3 Å². The minimum Gasteiger partial charge on any atom is -0.493 e. The van der Waals surface area contributed by atoms with Crippen molar-refractivity contribution in [3.63, 3.8) is 0 Å². The van der Waals surface area contributed by atoms with Crippen LogP contribution in [0.1, 0.15) is 57.1 Å². The molecule has 0 saturated carbocycles. The van der Waals surface area contributed by atoms with Crippen LogP contribution in [0.15, 0.2) is 36.4 Å². The van der Waals surface area contributed by atoms with E-state index in [1.54, 1.807) is 49.8 Å². The summed E-state index contributed by atoms with van der Waals surface area (Å²) in [7, 11) is 16.2. The maximum atomic E-state index is 7.31. The third kappa shape index (κ3) is 4.90. The molecule has 0 amide bonds. The molecule has 4 aromatic carbocycles. The van der Waals surface area contributed by atoms with Crippen LogP contribution in [0.2, 0.25) is 0 Å². The Kier molecular flexibility index (Phi) is 8.34. The van der Waals surface area contributed by atoms with Gasteiger partial charge in [0.2, 0.25) is 0 Å². The molecule has 0 saturated heterocycles. The zero-order valence-electron chi connectivity index (χ0n) is 30.9. The van der Waals surface area contributed by atoms with E-state index in [-0.39, 0.29) is 18.1 Å². The summed E-state index contributed by atoms with van der Waals surface area (Å²) in [5.41, 5.74) is 10.2. The van der Waals surface area contributed by atoms with E-state index in [9.17, 15) is 0 Å². The van der Waals surface area contributed by atoms with Crippen molar-refractivity contribution in [2.45, 2.75) is 43.8 Å². The molecule has 0 radical (unpaired) electrons. The molecule has 10 nitrogen and oxygen atoms in total. The van der Waals surface area contributed by atoms with Crippen molar-refractivity contribution in [2.24, 2.45) is 0 Å². The Hall–Kier alpha value is -4.80. The summed E-state index contributed by atoms with van der Waals surface area (Å²) >= 11 is 0. The highest BCUT2D eigenvalue weighted by Gasteiger charge is 2.44. The van der Waals surface area contributed by atoms with Gasteiger partial charge in [0.1, 0.15) is 5.75 Å². The van der Waals surface area contributed by atoms with E-state index >= 15 is 0 Å². The molecule has 2 bridgehead atoms. The van der Waals surface area contributed by atoms with Gasteiger partial charge in [0, 0.05) is 53.0 Å². The average molecular weight is 695 g/mol. The van der Waals surface area contributed by atoms with Gasteiger partial charge >= 0.3 is 0 Å². The topological polar surface area (TPSA) is 80.3 Å². The van der Waals surface area contributed by atoms with Crippen molar-refractivity contribution in [2.75, 3.05) is 70.4 Å². The highest BCUT2D eigenvalue weighted by molar-refractivity contribution is 5.89. The van der Waals surface area contributed by atoms with Gasteiger partial charge < -0.3 is 37.9 Å². The van der Waals surface area contributed by atoms with Gasteiger partial charge in [-0.15, -0.1) is 0 Å². The molecule has 4 aliphatic rings. The lowest BCUT2D eigenvalue weighted by Crippen LogP contribution is -2.41.